The molecular formula is C18H19N5O. The molecule has 0 amide bonds. The van der Waals surface area contributed by atoms with Gasteiger partial charge in [-0.25, -0.2) is 4.98 Å². The highest BCUT2D eigenvalue weighted by Crippen LogP contribution is 2.19. The van der Waals surface area contributed by atoms with Crippen LogP contribution in [-0.4, -0.2) is 58.4 Å². The smallest absolute Gasteiger partial charge is 0.178 e. The molecule has 2 aromatic heterocycles. The lowest BCUT2D eigenvalue weighted by Crippen LogP contribution is -2.48. The SMILES string of the molecule is O=C(CN1CCN(c2cnccn2)CC1)c1c[nH]c2ccccc12. The minimum Gasteiger partial charge on any atom is -0.360 e. The van der Waals surface area contributed by atoms with Gasteiger partial charge in [0, 0.05) is 61.2 Å². The molecule has 3 aromatic rings. The average Bonchev–Trinajstić information content (AvgIpc) is 3.07. The third-order valence-electron chi connectivity index (χ3n) is 4.50. The van der Waals surface area contributed by atoms with E-state index in [9.17, 15) is 4.79 Å². The number of carbonyl (C=O) groups excluding carboxylic acids is 1. The zero-order valence-electron chi connectivity index (χ0n) is 13.4. The van der Waals surface area contributed by atoms with Gasteiger partial charge in [-0.2, -0.15) is 0 Å². The van der Waals surface area contributed by atoms with E-state index < -0.39 is 0 Å². The van der Waals surface area contributed by atoms with E-state index in [2.05, 4.69) is 24.8 Å². The second kappa shape index (κ2) is 6.41. The Morgan fingerprint density at radius 3 is 2.75 bits per heavy atom. The lowest BCUT2D eigenvalue weighted by molar-refractivity contribution is 0.0928. The number of aromatic amines is 1. The molecule has 0 atom stereocenters. The van der Waals surface area contributed by atoms with Crippen LogP contribution in [0.3, 0.4) is 0 Å². The maximum Gasteiger partial charge on any atom is 0.178 e. The van der Waals surface area contributed by atoms with Gasteiger partial charge >= 0.3 is 0 Å². The van der Waals surface area contributed by atoms with E-state index in [1.54, 1.807) is 18.6 Å². The molecule has 24 heavy (non-hydrogen) atoms. The Hall–Kier alpha value is -2.73. The number of nitrogens with zero attached hydrogens (tertiary/aromatic N) is 4. The van der Waals surface area contributed by atoms with Crippen LogP contribution in [0.4, 0.5) is 5.82 Å². The molecule has 1 aliphatic heterocycles. The van der Waals surface area contributed by atoms with Gasteiger partial charge in [0.25, 0.3) is 0 Å². The van der Waals surface area contributed by atoms with Crippen LogP contribution in [-0.2, 0) is 0 Å². The van der Waals surface area contributed by atoms with Crippen LogP contribution < -0.4 is 4.90 Å². The highest BCUT2D eigenvalue weighted by Gasteiger charge is 2.21. The molecule has 1 N–H and O–H groups in total. The minimum absolute atomic E-state index is 0.167. The summed E-state index contributed by atoms with van der Waals surface area (Å²) in [6.45, 7) is 3.88. The molecule has 1 aromatic carbocycles. The predicted octanol–water partition coefficient (Wildman–Crippen LogP) is 1.96. The van der Waals surface area contributed by atoms with Crippen LogP contribution in [0.5, 0.6) is 0 Å². The zero-order valence-corrected chi connectivity index (χ0v) is 13.4. The fourth-order valence-electron chi connectivity index (χ4n) is 3.18. The summed E-state index contributed by atoms with van der Waals surface area (Å²) in [6, 6.07) is 7.92. The van der Waals surface area contributed by atoms with Crippen molar-refractivity contribution in [3.05, 3.63) is 54.6 Å². The summed E-state index contributed by atoms with van der Waals surface area (Å²) >= 11 is 0. The fourth-order valence-corrected chi connectivity index (χ4v) is 3.18. The third kappa shape index (κ3) is 2.88. The quantitative estimate of drug-likeness (QED) is 0.744. The van der Waals surface area contributed by atoms with Crippen LogP contribution in [0.25, 0.3) is 10.9 Å². The number of para-hydroxylation sites is 1. The standard InChI is InChI=1S/C18H19N5O/c24-17(15-11-21-16-4-2-1-3-14(15)16)13-22-7-9-23(10-8-22)18-12-19-5-6-20-18/h1-6,11-12,21H,7-10,13H2. The Bertz CT molecular complexity index is 837. The zero-order chi connectivity index (χ0) is 16.4. The molecule has 6 heteroatoms. The Balaban J connectivity index is 1.39. The number of benzene rings is 1. The molecule has 122 valence electrons. The number of piperazine rings is 1. The molecule has 0 spiro atoms. The van der Waals surface area contributed by atoms with E-state index in [-0.39, 0.29) is 5.78 Å². The highest BCUT2D eigenvalue weighted by atomic mass is 16.1. The first-order chi connectivity index (χ1) is 11.8. The molecule has 1 saturated heterocycles. The summed E-state index contributed by atoms with van der Waals surface area (Å²) in [4.78, 5) is 28.7. The van der Waals surface area contributed by atoms with Gasteiger partial charge in [-0.1, -0.05) is 18.2 Å². The molecule has 1 aliphatic rings. The van der Waals surface area contributed by atoms with Crippen molar-refractivity contribution in [3.63, 3.8) is 0 Å². The lowest BCUT2D eigenvalue weighted by Gasteiger charge is -2.34. The number of anilines is 1. The molecule has 0 radical (unpaired) electrons. The number of fused-ring (bicyclic) bond motifs is 1. The second-order valence-corrected chi connectivity index (χ2v) is 6.00. The van der Waals surface area contributed by atoms with Crippen molar-refractivity contribution in [2.75, 3.05) is 37.6 Å². The predicted molar refractivity (Wildman–Crippen MR) is 93.3 cm³/mol. The van der Waals surface area contributed by atoms with E-state index in [0.717, 1.165) is 48.5 Å². The van der Waals surface area contributed by atoms with Gasteiger partial charge in [0.2, 0.25) is 0 Å². The molecule has 0 bridgehead atoms. The number of hydrogen-bond acceptors (Lipinski definition) is 5. The van der Waals surface area contributed by atoms with Crippen molar-refractivity contribution < 1.29 is 4.79 Å². The fraction of sp³-hybridized carbons (Fsp3) is 0.278. The molecule has 1 fully saturated rings. The molecule has 4 rings (SSSR count). The Labute approximate surface area is 140 Å². The van der Waals surface area contributed by atoms with E-state index in [1.807, 2.05) is 30.5 Å². The normalized spacial score (nSPS) is 15.8. The molecule has 3 heterocycles. The second-order valence-electron chi connectivity index (χ2n) is 6.00. The van der Waals surface area contributed by atoms with Gasteiger partial charge in [-0.05, 0) is 6.07 Å². The summed E-state index contributed by atoms with van der Waals surface area (Å²) in [5.41, 5.74) is 1.79. The summed E-state index contributed by atoms with van der Waals surface area (Å²) in [7, 11) is 0. The monoisotopic (exact) mass is 321 g/mol. The van der Waals surface area contributed by atoms with Gasteiger partial charge in [-0.15, -0.1) is 0 Å². The molecule has 0 saturated carbocycles. The number of ketones is 1. The van der Waals surface area contributed by atoms with Crippen LogP contribution in [0.15, 0.2) is 49.1 Å². The van der Waals surface area contributed by atoms with Gasteiger partial charge in [0.1, 0.15) is 5.82 Å². The van der Waals surface area contributed by atoms with Gasteiger partial charge in [-0.3, -0.25) is 14.7 Å². The highest BCUT2D eigenvalue weighted by molar-refractivity contribution is 6.08. The number of rotatable bonds is 4. The van der Waals surface area contributed by atoms with Gasteiger partial charge in [0.15, 0.2) is 5.78 Å². The third-order valence-corrected chi connectivity index (χ3v) is 4.50. The maximum atomic E-state index is 12.6. The molecule has 6 nitrogen and oxygen atoms in total. The molecule has 0 aliphatic carbocycles. The van der Waals surface area contributed by atoms with Gasteiger partial charge < -0.3 is 9.88 Å². The summed E-state index contributed by atoms with van der Waals surface area (Å²) < 4.78 is 0. The number of hydrogen-bond donors (Lipinski definition) is 1. The van der Waals surface area contributed by atoms with Crippen molar-refractivity contribution in [3.8, 4) is 0 Å². The van der Waals surface area contributed by atoms with Crippen LogP contribution in [0.2, 0.25) is 0 Å². The minimum atomic E-state index is 0.167. The number of carbonyl (C=O) groups is 1. The Morgan fingerprint density at radius 1 is 1.12 bits per heavy atom. The van der Waals surface area contributed by atoms with Crippen molar-refractivity contribution in [2.24, 2.45) is 0 Å². The van der Waals surface area contributed by atoms with Crippen LogP contribution in [0.1, 0.15) is 10.4 Å². The van der Waals surface area contributed by atoms with E-state index in [0.29, 0.717) is 6.54 Å². The number of aromatic nitrogens is 3. The summed E-state index contributed by atoms with van der Waals surface area (Å²) in [5, 5.41) is 1.00. The molecule has 0 unspecified atom stereocenters. The van der Waals surface area contributed by atoms with Crippen molar-refractivity contribution in [1.29, 1.82) is 0 Å². The molecular weight excluding hydrogens is 302 g/mol. The maximum absolute atomic E-state index is 12.6. The topological polar surface area (TPSA) is 65.1 Å². The first-order valence-electron chi connectivity index (χ1n) is 8.14. The first-order valence-corrected chi connectivity index (χ1v) is 8.14. The van der Waals surface area contributed by atoms with Gasteiger partial charge in [0.05, 0.1) is 12.7 Å². The number of nitrogens with one attached hydrogen (secondary N) is 1. The van der Waals surface area contributed by atoms with E-state index >= 15 is 0 Å². The summed E-state index contributed by atoms with van der Waals surface area (Å²) in [6.07, 6.45) is 7.00. The number of H-pyrrole nitrogens is 1. The van der Waals surface area contributed by atoms with E-state index in [4.69, 9.17) is 0 Å². The van der Waals surface area contributed by atoms with E-state index in [1.165, 1.54) is 0 Å². The first kappa shape index (κ1) is 14.8. The van der Waals surface area contributed by atoms with Crippen molar-refractivity contribution in [2.45, 2.75) is 0 Å². The van der Waals surface area contributed by atoms with Crippen molar-refractivity contribution in [1.82, 2.24) is 19.9 Å². The Kier molecular flexibility index (Phi) is 3.96. The lowest BCUT2D eigenvalue weighted by atomic mass is 10.1. The van der Waals surface area contributed by atoms with Crippen LogP contribution >= 0.6 is 0 Å². The average molecular weight is 321 g/mol. The summed E-state index contributed by atoms with van der Waals surface area (Å²) in [5.74, 6) is 1.07. The Morgan fingerprint density at radius 2 is 1.96 bits per heavy atom. The van der Waals surface area contributed by atoms with Crippen LogP contribution in [0, 0.1) is 0 Å². The van der Waals surface area contributed by atoms with Crippen molar-refractivity contribution >= 4 is 22.5 Å². The largest absolute Gasteiger partial charge is 0.360 e. The number of Topliss-reactive ketones (excluding diaryl/α,β-unsaturated/α-hetero) is 1.